The zero-order valence-electron chi connectivity index (χ0n) is 14.0. The van der Waals surface area contributed by atoms with Crippen molar-refractivity contribution in [3.63, 3.8) is 0 Å². The molecule has 1 aliphatic carbocycles. The molecule has 0 radical (unpaired) electrons. The van der Waals surface area contributed by atoms with Crippen molar-refractivity contribution in [1.29, 1.82) is 0 Å². The minimum absolute atomic E-state index is 0.133. The second-order valence-corrected chi connectivity index (χ2v) is 6.48. The minimum atomic E-state index is -1.04. The molecule has 1 atom stereocenters. The summed E-state index contributed by atoms with van der Waals surface area (Å²) in [7, 11) is 0. The van der Waals surface area contributed by atoms with E-state index in [0.29, 0.717) is 23.8 Å². The van der Waals surface area contributed by atoms with Crippen molar-refractivity contribution in [1.82, 2.24) is 0 Å². The molecule has 0 aromatic heterocycles. The van der Waals surface area contributed by atoms with Crippen molar-refractivity contribution < 1.29 is 19.0 Å². The quantitative estimate of drug-likeness (QED) is 0.766. The smallest absolute Gasteiger partial charge is 0.227 e. The SMILES string of the molecule is O=C(CC(O)c1cccc(F)c1)Nc1cccc(COCC2CC2)c1. The number of anilines is 1. The van der Waals surface area contributed by atoms with Crippen molar-refractivity contribution in [2.24, 2.45) is 5.92 Å². The molecule has 0 spiro atoms. The molecule has 2 N–H and O–H groups in total. The molecule has 0 heterocycles. The summed E-state index contributed by atoms with van der Waals surface area (Å²) in [5.41, 5.74) is 2.03. The van der Waals surface area contributed by atoms with E-state index in [1.165, 1.54) is 31.0 Å². The number of aliphatic hydroxyl groups is 1. The normalized spacial score (nSPS) is 15.0. The molecular weight excluding hydrogens is 321 g/mol. The lowest BCUT2D eigenvalue weighted by Crippen LogP contribution is -2.15. The fraction of sp³-hybridized carbons (Fsp3) is 0.350. The van der Waals surface area contributed by atoms with Gasteiger partial charge in [-0.15, -0.1) is 0 Å². The predicted octanol–water partition coefficient (Wildman–Crippen LogP) is 3.81. The van der Waals surface area contributed by atoms with E-state index in [4.69, 9.17) is 4.74 Å². The lowest BCUT2D eigenvalue weighted by Gasteiger charge is -2.12. The third kappa shape index (κ3) is 5.66. The summed E-state index contributed by atoms with van der Waals surface area (Å²) in [5, 5.41) is 12.8. The van der Waals surface area contributed by atoms with Gasteiger partial charge < -0.3 is 15.2 Å². The van der Waals surface area contributed by atoms with E-state index in [0.717, 1.165) is 12.2 Å². The molecular formula is C20H22FNO3. The van der Waals surface area contributed by atoms with Crippen molar-refractivity contribution in [3.8, 4) is 0 Å². The number of benzene rings is 2. The number of hydrogen-bond donors (Lipinski definition) is 2. The zero-order chi connectivity index (χ0) is 17.6. The number of carbonyl (C=O) groups is 1. The summed E-state index contributed by atoms with van der Waals surface area (Å²) in [6, 6.07) is 13.1. The molecule has 2 aromatic rings. The highest BCUT2D eigenvalue weighted by atomic mass is 19.1. The maximum atomic E-state index is 13.2. The first-order valence-electron chi connectivity index (χ1n) is 8.50. The average molecular weight is 343 g/mol. The average Bonchev–Trinajstić information content (AvgIpc) is 3.39. The van der Waals surface area contributed by atoms with E-state index >= 15 is 0 Å². The van der Waals surface area contributed by atoms with Crippen molar-refractivity contribution in [2.75, 3.05) is 11.9 Å². The van der Waals surface area contributed by atoms with Gasteiger partial charge in [0.1, 0.15) is 5.82 Å². The lowest BCUT2D eigenvalue weighted by molar-refractivity contribution is -0.118. The monoisotopic (exact) mass is 343 g/mol. The summed E-state index contributed by atoms with van der Waals surface area (Å²) in [6.45, 7) is 1.31. The number of rotatable bonds is 8. The molecule has 25 heavy (non-hydrogen) atoms. The highest BCUT2D eigenvalue weighted by molar-refractivity contribution is 5.91. The van der Waals surface area contributed by atoms with Crippen molar-refractivity contribution in [2.45, 2.75) is 32.0 Å². The molecule has 0 saturated heterocycles. The van der Waals surface area contributed by atoms with E-state index in [2.05, 4.69) is 5.32 Å². The number of carbonyl (C=O) groups excluding carboxylic acids is 1. The van der Waals surface area contributed by atoms with Gasteiger partial charge in [-0.05, 0) is 54.2 Å². The van der Waals surface area contributed by atoms with Crippen LogP contribution in [-0.2, 0) is 16.1 Å². The Morgan fingerprint density at radius 3 is 2.80 bits per heavy atom. The van der Waals surface area contributed by atoms with Crippen LogP contribution >= 0.6 is 0 Å². The fourth-order valence-electron chi connectivity index (χ4n) is 2.59. The molecule has 3 rings (SSSR count). The van der Waals surface area contributed by atoms with Crippen LogP contribution in [0.5, 0.6) is 0 Å². The van der Waals surface area contributed by atoms with E-state index < -0.39 is 11.9 Å². The van der Waals surface area contributed by atoms with Gasteiger partial charge in [0.05, 0.1) is 19.1 Å². The Labute approximate surface area is 146 Å². The second kappa shape index (κ2) is 8.23. The van der Waals surface area contributed by atoms with E-state index in [1.807, 2.05) is 18.2 Å². The number of amides is 1. The van der Waals surface area contributed by atoms with Crippen LogP contribution in [0.3, 0.4) is 0 Å². The van der Waals surface area contributed by atoms with E-state index in [9.17, 15) is 14.3 Å². The maximum absolute atomic E-state index is 13.2. The van der Waals surface area contributed by atoms with Crippen LogP contribution in [0.15, 0.2) is 48.5 Å². The lowest BCUT2D eigenvalue weighted by atomic mass is 10.1. The summed E-state index contributed by atoms with van der Waals surface area (Å²) in [6.07, 6.45) is 1.33. The standard InChI is InChI=1S/C20H22FNO3/c21-17-5-2-4-16(10-17)19(23)11-20(24)22-18-6-1-3-15(9-18)13-25-12-14-7-8-14/h1-6,9-10,14,19,23H,7-8,11-13H2,(H,22,24). The van der Waals surface area contributed by atoms with Gasteiger partial charge in [-0.3, -0.25) is 4.79 Å². The first kappa shape index (κ1) is 17.6. The number of ether oxygens (including phenoxy) is 1. The van der Waals surface area contributed by atoms with Gasteiger partial charge in [-0.2, -0.15) is 0 Å². The molecule has 2 aromatic carbocycles. The van der Waals surface area contributed by atoms with Crippen LogP contribution in [0.1, 0.15) is 36.5 Å². The largest absolute Gasteiger partial charge is 0.388 e. The van der Waals surface area contributed by atoms with Gasteiger partial charge >= 0.3 is 0 Å². The Hall–Kier alpha value is -2.24. The molecule has 0 aliphatic heterocycles. The summed E-state index contributed by atoms with van der Waals surface area (Å²) in [4.78, 5) is 12.1. The molecule has 0 bridgehead atoms. The number of nitrogens with one attached hydrogen (secondary N) is 1. The molecule has 1 fully saturated rings. The minimum Gasteiger partial charge on any atom is -0.388 e. The molecule has 1 saturated carbocycles. The number of halogens is 1. The first-order chi connectivity index (χ1) is 12.1. The molecule has 1 aliphatic rings. The topological polar surface area (TPSA) is 58.6 Å². The van der Waals surface area contributed by atoms with E-state index in [-0.39, 0.29) is 12.3 Å². The molecule has 132 valence electrons. The van der Waals surface area contributed by atoms with E-state index in [1.54, 1.807) is 12.1 Å². The van der Waals surface area contributed by atoms with Crippen LogP contribution < -0.4 is 5.32 Å². The van der Waals surface area contributed by atoms with Crippen LogP contribution in [0, 0.1) is 11.7 Å². The second-order valence-electron chi connectivity index (χ2n) is 6.48. The highest BCUT2D eigenvalue weighted by Gasteiger charge is 2.21. The number of aliphatic hydroxyl groups excluding tert-OH is 1. The van der Waals surface area contributed by atoms with Crippen LogP contribution in [0.25, 0.3) is 0 Å². The van der Waals surface area contributed by atoms with Gasteiger partial charge in [0.2, 0.25) is 5.91 Å². The zero-order valence-corrected chi connectivity index (χ0v) is 14.0. The van der Waals surface area contributed by atoms with Gasteiger partial charge in [0.15, 0.2) is 0 Å². The number of hydrogen-bond acceptors (Lipinski definition) is 3. The third-order valence-electron chi connectivity index (χ3n) is 4.14. The van der Waals surface area contributed by atoms with Crippen molar-refractivity contribution in [3.05, 3.63) is 65.5 Å². The Balaban J connectivity index is 1.51. The summed E-state index contributed by atoms with van der Waals surface area (Å²) >= 11 is 0. The Bertz CT molecular complexity index is 730. The third-order valence-corrected chi connectivity index (χ3v) is 4.14. The Morgan fingerprint density at radius 1 is 1.24 bits per heavy atom. The van der Waals surface area contributed by atoms with Gasteiger partial charge in [0.25, 0.3) is 0 Å². The fourth-order valence-corrected chi connectivity index (χ4v) is 2.59. The highest BCUT2D eigenvalue weighted by Crippen LogP contribution is 2.29. The van der Waals surface area contributed by atoms with Crippen molar-refractivity contribution >= 4 is 11.6 Å². The van der Waals surface area contributed by atoms with Crippen LogP contribution in [0.4, 0.5) is 10.1 Å². The summed E-state index contributed by atoms with van der Waals surface area (Å²) in [5.74, 6) is -0.0455. The molecule has 4 nitrogen and oxygen atoms in total. The summed E-state index contributed by atoms with van der Waals surface area (Å²) < 4.78 is 18.8. The first-order valence-corrected chi connectivity index (χ1v) is 8.50. The molecule has 1 amide bonds. The Morgan fingerprint density at radius 2 is 2.04 bits per heavy atom. The van der Waals surface area contributed by atoms with Crippen LogP contribution in [-0.4, -0.2) is 17.6 Å². The predicted molar refractivity (Wildman–Crippen MR) is 93.4 cm³/mol. The van der Waals surface area contributed by atoms with Gasteiger partial charge in [-0.1, -0.05) is 24.3 Å². The Kier molecular flexibility index (Phi) is 5.79. The maximum Gasteiger partial charge on any atom is 0.227 e. The molecule has 1 unspecified atom stereocenters. The van der Waals surface area contributed by atoms with Crippen LogP contribution in [0.2, 0.25) is 0 Å². The van der Waals surface area contributed by atoms with Gasteiger partial charge in [0, 0.05) is 12.3 Å². The molecule has 5 heteroatoms. The van der Waals surface area contributed by atoms with Gasteiger partial charge in [-0.25, -0.2) is 4.39 Å².